The highest BCUT2D eigenvalue weighted by molar-refractivity contribution is 6.30. The van der Waals surface area contributed by atoms with Crippen LogP contribution in [0.3, 0.4) is 0 Å². The molecule has 0 radical (unpaired) electrons. The van der Waals surface area contributed by atoms with Crippen molar-refractivity contribution in [1.29, 1.82) is 0 Å². The number of carbonyl (C=O) groups is 1. The van der Waals surface area contributed by atoms with Crippen molar-refractivity contribution in [1.82, 2.24) is 20.2 Å². The monoisotopic (exact) mass is 342 g/mol. The predicted molar refractivity (Wildman–Crippen MR) is 92.4 cm³/mol. The van der Waals surface area contributed by atoms with Gasteiger partial charge in [-0.15, -0.1) is 0 Å². The molecule has 0 aliphatic heterocycles. The fourth-order valence-electron chi connectivity index (χ4n) is 2.14. The molecule has 0 fully saturated rings. The molecule has 24 heavy (non-hydrogen) atoms. The smallest absolute Gasteiger partial charge is 0.227 e. The van der Waals surface area contributed by atoms with Crippen LogP contribution in [-0.4, -0.2) is 26.1 Å². The van der Waals surface area contributed by atoms with E-state index >= 15 is 0 Å². The maximum absolute atomic E-state index is 12.0. The number of halogens is 1. The summed E-state index contributed by atoms with van der Waals surface area (Å²) in [6.45, 7) is 0. The molecule has 7 nitrogen and oxygen atoms in total. The predicted octanol–water partition coefficient (Wildman–Crippen LogP) is 2.67. The summed E-state index contributed by atoms with van der Waals surface area (Å²) in [6, 6.07) is 10.8. The third-order valence-electron chi connectivity index (χ3n) is 3.34. The number of rotatable bonds is 5. The van der Waals surface area contributed by atoms with Gasteiger partial charge in [-0.1, -0.05) is 23.7 Å². The van der Waals surface area contributed by atoms with E-state index in [2.05, 4.69) is 25.5 Å². The van der Waals surface area contributed by atoms with Crippen molar-refractivity contribution in [3.8, 4) is 11.4 Å². The van der Waals surface area contributed by atoms with Crippen molar-refractivity contribution in [2.45, 2.75) is 12.8 Å². The summed E-state index contributed by atoms with van der Waals surface area (Å²) in [5.74, 6) is 0.964. The van der Waals surface area contributed by atoms with Gasteiger partial charge in [-0.3, -0.25) is 10.1 Å². The van der Waals surface area contributed by atoms with Crippen molar-refractivity contribution in [3.63, 3.8) is 0 Å². The van der Waals surface area contributed by atoms with E-state index in [4.69, 9.17) is 17.3 Å². The molecular formula is C16H15ClN6O. The van der Waals surface area contributed by atoms with Crippen LogP contribution in [-0.2, 0) is 11.2 Å². The van der Waals surface area contributed by atoms with Gasteiger partial charge in [0.2, 0.25) is 11.9 Å². The van der Waals surface area contributed by atoms with Crippen LogP contribution in [0.5, 0.6) is 0 Å². The van der Waals surface area contributed by atoms with Crippen LogP contribution in [0.4, 0.5) is 11.8 Å². The summed E-state index contributed by atoms with van der Waals surface area (Å²) in [5.41, 5.74) is 7.40. The molecule has 0 saturated carbocycles. The first-order valence-electron chi connectivity index (χ1n) is 7.29. The van der Waals surface area contributed by atoms with Crippen LogP contribution in [0.2, 0.25) is 5.02 Å². The summed E-state index contributed by atoms with van der Waals surface area (Å²) in [5, 5.41) is 10.1. The van der Waals surface area contributed by atoms with Crippen LogP contribution in [0.1, 0.15) is 12.0 Å². The molecule has 0 unspecified atom stereocenters. The molecule has 1 amide bonds. The van der Waals surface area contributed by atoms with Gasteiger partial charge < -0.3 is 5.73 Å². The van der Waals surface area contributed by atoms with Gasteiger partial charge >= 0.3 is 0 Å². The quantitative estimate of drug-likeness (QED) is 0.660. The lowest BCUT2D eigenvalue weighted by molar-refractivity contribution is -0.116. The zero-order valence-electron chi connectivity index (χ0n) is 12.7. The molecule has 2 aromatic heterocycles. The number of aromatic amines is 1. The summed E-state index contributed by atoms with van der Waals surface area (Å²) >= 11 is 5.83. The number of anilines is 2. The lowest BCUT2D eigenvalue weighted by Gasteiger charge is -2.02. The molecule has 4 N–H and O–H groups in total. The van der Waals surface area contributed by atoms with Crippen LogP contribution in [0.15, 0.2) is 42.6 Å². The number of nitrogens with two attached hydrogens (primary N) is 1. The second-order valence-corrected chi connectivity index (χ2v) is 5.59. The Morgan fingerprint density at radius 2 is 2.04 bits per heavy atom. The average Bonchev–Trinajstić information content (AvgIpc) is 3.03. The lowest BCUT2D eigenvalue weighted by atomic mass is 10.1. The number of H-pyrrole nitrogens is 1. The highest BCUT2D eigenvalue weighted by Crippen LogP contribution is 2.17. The Balaban J connectivity index is 1.58. The molecule has 0 aliphatic rings. The number of nitrogens with one attached hydrogen (secondary N) is 2. The lowest BCUT2D eigenvalue weighted by Crippen LogP contribution is -2.13. The van der Waals surface area contributed by atoms with Gasteiger partial charge in [-0.25, -0.2) is 10.1 Å². The second kappa shape index (κ2) is 7.10. The Bertz CT molecular complexity index is 846. The van der Waals surface area contributed by atoms with Crippen molar-refractivity contribution in [3.05, 3.63) is 53.2 Å². The van der Waals surface area contributed by atoms with Gasteiger partial charge in [-0.2, -0.15) is 10.1 Å². The van der Waals surface area contributed by atoms with E-state index in [1.165, 1.54) is 0 Å². The highest BCUT2D eigenvalue weighted by Gasteiger charge is 2.09. The van der Waals surface area contributed by atoms with Gasteiger partial charge in [-0.05, 0) is 36.2 Å². The molecule has 3 aromatic rings. The first kappa shape index (κ1) is 15.9. The first-order chi connectivity index (χ1) is 11.6. The molecule has 0 atom stereocenters. The maximum Gasteiger partial charge on any atom is 0.227 e. The molecule has 3 rings (SSSR count). The van der Waals surface area contributed by atoms with Crippen molar-refractivity contribution < 1.29 is 4.79 Å². The fraction of sp³-hybridized carbons (Fsp3) is 0.125. The number of amides is 1. The Kier molecular flexibility index (Phi) is 4.72. The van der Waals surface area contributed by atoms with E-state index in [0.717, 1.165) is 11.1 Å². The number of benzene rings is 1. The Hall–Kier alpha value is -2.93. The van der Waals surface area contributed by atoms with E-state index in [-0.39, 0.29) is 5.91 Å². The number of nitrogens with zero attached hydrogens (tertiary/aromatic N) is 3. The van der Waals surface area contributed by atoms with Crippen molar-refractivity contribution >= 4 is 29.3 Å². The van der Waals surface area contributed by atoms with Crippen LogP contribution < -0.4 is 11.1 Å². The molecule has 0 aliphatic carbocycles. The number of carbonyl (C=O) groups excluding carboxylic acids is 1. The van der Waals surface area contributed by atoms with Gasteiger partial charge in [0.1, 0.15) is 5.82 Å². The second-order valence-electron chi connectivity index (χ2n) is 5.15. The number of pyridine rings is 1. The zero-order chi connectivity index (χ0) is 16.9. The van der Waals surface area contributed by atoms with Crippen LogP contribution >= 0.6 is 11.6 Å². The van der Waals surface area contributed by atoms with Gasteiger partial charge in [0.25, 0.3) is 0 Å². The number of hydrogen-bond acceptors (Lipinski definition) is 5. The number of aromatic nitrogens is 4. The van der Waals surface area contributed by atoms with Crippen LogP contribution in [0, 0.1) is 0 Å². The highest BCUT2D eigenvalue weighted by atomic mass is 35.5. The average molecular weight is 343 g/mol. The van der Waals surface area contributed by atoms with Crippen molar-refractivity contribution in [2.24, 2.45) is 0 Å². The third kappa shape index (κ3) is 4.08. The normalized spacial score (nSPS) is 10.5. The van der Waals surface area contributed by atoms with E-state index in [1.807, 2.05) is 12.1 Å². The minimum atomic E-state index is -0.151. The van der Waals surface area contributed by atoms with E-state index in [1.54, 1.807) is 30.5 Å². The molecule has 0 saturated heterocycles. The SMILES string of the molecule is Nc1cc(-c2n[nH]c(NC(=O)CCc3ccc(Cl)cc3)n2)ccn1. The number of aryl methyl sites for hydroxylation is 1. The van der Waals surface area contributed by atoms with E-state index in [0.29, 0.717) is 35.5 Å². The number of hydrogen-bond donors (Lipinski definition) is 3. The minimum Gasteiger partial charge on any atom is -0.384 e. The largest absolute Gasteiger partial charge is 0.384 e. The van der Waals surface area contributed by atoms with E-state index in [9.17, 15) is 4.79 Å². The maximum atomic E-state index is 12.0. The van der Waals surface area contributed by atoms with E-state index < -0.39 is 0 Å². The first-order valence-corrected chi connectivity index (χ1v) is 7.66. The summed E-state index contributed by atoms with van der Waals surface area (Å²) in [4.78, 5) is 20.1. The van der Waals surface area contributed by atoms with Gasteiger partial charge in [0.15, 0.2) is 5.82 Å². The Morgan fingerprint density at radius 3 is 2.79 bits per heavy atom. The third-order valence-corrected chi connectivity index (χ3v) is 3.59. The summed E-state index contributed by atoms with van der Waals surface area (Å²) < 4.78 is 0. The summed E-state index contributed by atoms with van der Waals surface area (Å²) in [6.07, 6.45) is 2.52. The van der Waals surface area contributed by atoms with Gasteiger partial charge in [0, 0.05) is 23.2 Å². The van der Waals surface area contributed by atoms with Gasteiger partial charge in [0.05, 0.1) is 0 Å². The molecular weight excluding hydrogens is 328 g/mol. The molecule has 2 heterocycles. The zero-order valence-corrected chi connectivity index (χ0v) is 13.4. The molecule has 1 aromatic carbocycles. The molecule has 8 heteroatoms. The fourth-order valence-corrected chi connectivity index (χ4v) is 2.26. The van der Waals surface area contributed by atoms with Crippen LogP contribution in [0.25, 0.3) is 11.4 Å². The minimum absolute atomic E-state index is 0.151. The molecule has 122 valence electrons. The Labute approximate surface area is 143 Å². The topological polar surface area (TPSA) is 110 Å². The summed E-state index contributed by atoms with van der Waals surface area (Å²) in [7, 11) is 0. The molecule has 0 spiro atoms. The standard InChI is InChI=1S/C16H15ClN6O/c17-12-4-1-10(2-5-12)3-6-14(24)20-16-21-15(22-23-16)11-7-8-19-13(18)9-11/h1-2,4-5,7-9H,3,6H2,(H2,18,19)(H2,20,21,22,23,24). The number of nitrogen functional groups attached to an aromatic ring is 1. The molecule has 0 bridgehead atoms. The van der Waals surface area contributed by atoms with Crippen molar-refractivity contribution in [2.75, 3.05) is 11.1 Å². The Morgan fingerprint density at radius 1 is 1.25 bits per heavy atom.